The van der Waals surface area contributed by atoms with Gasteiger partial charge in [-0.1, -0.05) is 0 Å². The quantitative estimate of drug-likeness (QED) is 0.898. The van der Waals surface area contributed by atoms with E-state index in [4.69, 9.17) is 9.15 Å². The molecular formula is C14H16N4O3. The Hall–Kier alpha value is -2.41. The number of nitrogens with one attached hydrogen (secondary N) is 1. The zero-order valence-electron chi connectivity index (χ0n) is 11.5. The highest BCUT2D eigenvalue weighted by atomic mass is 16.5. The minimum absolute atomic E-state index is 0.247. The van der Waals surface area contributed by atoms with E-state index in [2.05, 4.69) is 20.2 Å². The van der Waals surface area contributed by atoms with Crippen molar-refractivity contribution in [3.05, 3.63) is 42.2 Å². The Morgan fingerprint density at radius 1 is 1.33 bits per heavy atom. The Morgan fingerprint density at radius 2 is 2.19 bits per heavy atom. The maximum Gasteiger partial charge on any atom is 0.270 e. The van der Waals surface area contributed by atoms with Crippen LogP contribution in [0.3, 0.4) is 0 Å². The summed E-state index contributed by atoms with van der Waals surface area (Å²) in [6.45, 7) is 3.21. The van der Waals surface area contributed by atoms with Gasteiger partial charge in [0.25, 0.3) is 5.91 Å². The number of furan rings is 1. The fourth-order valence-corrected chi connectivity index (χ4v) is 2.11. The second-order valence-corrected chi connectivity index (χ2v) is 4.62. The maximum absolute atomic E-state index is 12.1. The van der Waals surface area contributed by atoms with Gasteiger partial charge in [0.15, 0.2) is 0 Å². The second kappa shape index (κ2) is 6.36. The minimum atomic E-state index is -0.247. The van der Waals surface area contributed by atoms with Gasteiger partial charge in [-0.3, -0.25) is 4.79 Å². The summed E-state index contributed by atoms with van der Waals surface area (Å²) in [5.41, 5.74) is 0.345. The van der Waals surface area contributed by atoms with Crippen LogP contribution < -0.4 is 10.2 Å². The van der Waals surface area contributed by atoms with E-state index in [1.165, 1.54) is 6.33 Å². The molecule has 1 aliphatic rings. The molecule has 1 fully saturated rings. The summed E-state index contributed by atoms with van der Waals surface area (Å²) < 4.78 is 10.5. The lowest BCUT2D eigenvalue weighted by atomic mass is 10.3. The van der Waals surface area contributed by atoms with Crippen LogP contribution in [0.5, 0.6) is 0 Å². The van der Waals surface area contributed by atoms with Gasteiger partial charge in [-0.2, -0.15) is 0 Å². The van der Waals surface area contributed by atoms with E-state index in [0.29, 0.717) is 31.2 Å². The topological polar surface area (TPSA) is 80.5 Å². The molecule has 0 aromatic carbocycles. The molecule has 110 valence electrons. The minimum Gasteiger partial charge on any atom is -0.467 e. The molecule has 0 unspecified atom stereocenters. The van der Waals surface area contributed by atoms with Gasteiger partial charge in [0.2, 0.25) is 0 Å². The average molecular weight is 288 g/mol. The van der Waals surface area contributed by atoms with Crippen molar-refractivity contribution in [1.29, 1.82) is 0 Å². The molecule has 0 spiro atoms. The fraction of sp³-hybridized carbons (Fsp3) is 0.357. The number of morpholine rings is 1. The number of hydrogen-bond donors (Lipinski definition) is 1. The first-order valence-corrected chi connectivity index (χ1v) is 6.78. The molecule has 7 heteroatoms. The van der Waals surface area contributed by atoms with Crippen LogP contribution in [0.4, 0.5) is 5.82 Å². The molecule has 0 bridgehead atoms. The molecule has 1 amide bonds. The number of anilines is 1. The van der Waals surface area contributed by atoms with Crippen molar-refractivity contribution < 1.29 is 13.9 Å². The summed E-state index contributed by atoms with van der Waals surface area (Å²) in [6.07, 6.45) is 2.98. The largest absolute Gasteiger partial charge is 0.467 e. The number of hydrogen-bond acceptors (Lipinski definition) is 6. The van der Waals surface area contributed by atoms with Crippen LogP contribution in [0, 0.1) is 0 Å². The van der Waals surface area contributed by atoms with Gasteiger partial charge in [0.05, 0.1) is 26.0 Å². The number of aromatic nitrogens is 2. The standard InChI is InChI=1S/C14H16N4O3/c19-14(15-9-11-2-1-5-21-11)12-8-13(17-10-16-12)18-3-6-20-7-4-18/h1-2,5,8,10H,3-4,6-7,9H2,(H,15,19). The normalized spacial score (nSPS) is 15.0. The van der Waals surface area contributed by atoms with Crippen LogP contribution in [0.15, 0.2) is 35.2 Å². The number of nitrogens with zero attached hydrogens (tertiary/aromatic N) is 3. The first-order valence-electron chi connectivity index (χ1n) is 6.78. The summed E-state index contributed by atoms with van der Waals surface area (Å²) in [5.74, 6) is 1.20. The Kier molecular flexibility index (Phi) is 4.11. The van der Waals surface area contributed by atoms with E-state index in [0.717, 1.165) is 18.9 Å². The third kappa shape index (κ3) is 3.38. The number of rotatable bonds is 4. The van der Waals surface area contributed by atoms with Crippen molar-refractivity contribution in [3.8, 4) is 0 Å². The van der Waals surface area contributed by atoms with Crippen molar-refractivity contribution in [1.82, 2.24) is 15.3 Å². The Labute approximate surface area is 121 Å². The lowest BCUT2D eigenvalue weighted by Crippen LogP contribution is -2.37. The van der Waals surface area contributed by atoms with E-state index in [1.54, 1.807) is 24.5 Å². The van der Waals surface area contributed by atoms with E-state index < -0.39 is 0 Å². The van der Waals surface area contributed by atoms with E-state index in [-0.39, 0.29) is 5.91 Å². The molecule has 1 N–H and O–H groups in total. The highest BCUT2D eigenvalue weighted by molar-refractivity contribution is 5.92. The van der Waals surface area contributed by atoms with Crippen LogP contribution in [-0.2, 0) is 11.3 Å². The van der Waals surface area contributed by atoms with Gasteiger partial charge < -0.3 is 19.4 Å². The SMILES string of the molecule is O=C(NCc1ccco1)c1cc(N2CCOCC2)ncn1. The van der Waals surface area contributed by atoms with Gasteiger partial charge in [-0.25, -0.2) is 9.97 Å². The molecule has 1 aliphatic heterocycles. The van der Waals surface area contributed by atoms with Gasteiger partial charge in [-0.05, 0) is 12.1 Å². The number of ether oxygens (including phenoxy) is 1. The van der Waals surface area contributed by atoms with Gasteiger partial charge >= 0.3 is 0 Å². The predicted octanol–water partition coefficient (Wildman–Crippen LogP) is 0.836. The Bertz CT molecular complexity index is 594. The van der Waals surface area contributed by atoms with E-state index in [1.807, 2.05) is 0 Å². The van der Waals surface area contributed by atoms with Gasteiger partial charge in [-0.15, -0.1) is 0 Å². The first-order chi connectivity index (χ1) is 10.3. The van der Waals surface area contributed by atoms with Crippen molar-refractivity contribution in [2.75, 3.05) is 31.2 Å². The second-order valence-electron chi connectivity index (χ2n) is 4.62. The van der Waals surface area contributed by atoms with Gasteiger partial charge in [0.1, 0.15) is 23.6 Å². The number of carbonyl (C=O) groups is 1. The summed E-state index contributed by atoms with van der Waals surface area (Å²) in [5, 5.41) is 2.77. The highest BCUT2D eigenvalue weighted by Gasteiger charge is 2.15. The summed E-state index contributed by atoms with van der Waals surface area (Å²) in [6, 6.07) is 5.28. The zero-order valence-corrected chi connectivity index (χ0v) is 11.5. The predicted molar refractivity (Wildman–Crippen MR) is 74.9 cm³/mol. The summed E-state index contributed by atoms with van der Waals surface area (Å²) in [7, 11) is 0. The molecule has 3 rings (SSSR count). The molecule has 0 atom stereocenters. The van der Waals surface area contributed by atoms with Gasteiger partial charge in [0, 0.05) is 19.2 Å². The van der Waals surface area contributed by atoms with Crippen LogP contribution in [0.1, 0.15) is 16.2 Å². The molecular weight excluding hydrogens is 272 g/mol. The molecule has 3 heterocycles. The lowest BCUT2D eigenvalue weighted by Gasteiger charge is -2.27. The summed E-state index contributed by atoms with van der Waals surface area (Å²) in [4.78, 5) is 22.4. The lowest BCUT2D eigenvalue weighted by molar-refractivity contribution is 0.0943. The molecule has 0 aliphatic carbocycles. The Balaban J connectivity index is 1.65. The number of amides is 1. The van der Waals surface area contributed by atoms with Crippen LogP contribution in [0.25, 0.3) is 0 Å². The monoisotopic (exact) mass is 288 g/mol. The summed E-state index contributed by atoms with van der Waals surface area (Å²) >= 11 is 0. The van der Waals surface area contributed by atoms with Crippen molar-refractivity contribution in [2.45, 2.75) is 6.54 Å². The van der Waals surface area contributed by atoms with Crippen LogP contribution in [0.2, 0.25) is 0 Å². The van der Waals surface area contributed by atoms with Crippen LogP contribution >= 0.6 is 0 Å². The molecule has 0 saturated carbocycles. The molecule has 21 heavy (non-hydrogen) atoms. The smallest absolute Gasteiger partial charge is 0.270 e. The third-order valence-electron chi connectivity index (χ3n) is 3.22. The highest BCUT2D eigenvalue weighted by Crippen LogP contribution is 2.12. The van der Waals surface area contributed by atoms with Crippen LogP contribution in [-0.4, -0.2) is 42.2 Å². The van der Waals surface area contributed by atoms with E-state index >= 15 is 0 Å². The third-order valence-corrected chi connectivity index (χ3v) is 3.22. The van der Waals surface area contributed by atoms with Crippen molar-refractivity contribution in [2.24, 2.45) is 0 Å². The number of carbonyl (C=O) groups excluding carboxylic acids is 1. The zero-order chi connectivity index (χ0) is 14.5. The fourth-order valence-electron chi connectivity index (χ4n) is 2.11. The molecule has 2 aromatic rings. The van der Waals surface area contributed by atoms with Crippen molar-refractivity contribution in [3.63, 3.8) is 0 Å². The Morgan fingerprint density at radius 3 is 2.95 bits per heavy atom. The van der Waals surface area contributed by atoms with Crippen molar-refractivity contribution >= 4 is 11.7 Å². The maximum atomic E-state index is 12.1. The molecule has 0 radical (unpaired) electrons. The van der Waals surface area contributed by atoms with E-state index in [9.17, 15) is 4.79 Å². The molecule has 7 nitrogen and oxygen atoms in total. The molecule has 1 saturated heterocycles. The first kappa shape index (κ1) is 13.6. The molecule has 2 aromatic heterocycles. The average Bonchev–Trinajstić information content (AvgIpc) is 3.07.